The lowest BCUT2D eigenvalue weighted by Gasteiger charge is -2.10. The van der Waals surface area contributed by atoms with Gasteiger partial charge in [-0.2, -0.15) is 0 Å². The van der Waals surface area contributed by atoms with Gasteiger partial charge in [-0.05, 0) is 72.1 Å². The van der Waals surface area contributed by atoms with E-state index >= 15 is 0 Å². The van der Waals surface area contributed by atoms with E-state index in [0.29, 0.717) is 5.56 Å². The summed E-state index contributed by atoms with van der Waals surface area (Å²) in [6, 6.07) is 29.3. The van der Waals surface area contributed by atoms with Crippen LogP contribution in [0.5, 0.6) is 0 Å². The maximum atomic E-state index is 12.6. The number of carbonyl (C=O) groups excluding carboxylic acids is 1. The Morgan fingerprint density at radius 2 is 1.34 bits per heavy atom. The molecule has 3 aromatic carbocycles. The van der Waals surface area contributed by atoms with Crippen LogP contribution < -0.4 is 10.6 Å². The molecule has 1 aromatic heterocycles. The quantitative estimate of drug-likeness (QED) is 0.454. The zero-order valence-corrected chi connectivity index (χ0v) is 15.9. The highest BCUT2D eigenvalue weighted by Gasteiger charge is 2.07. The van der Waals surface area contributed by atoms with E-state index in [1.54, 1.807) is 12.4 Å². The Morgan fingerprint density at radius 1 is 0.690 bits per heavy atom. The summed E-state index contributed by atoms with van der Waals surface area (Å²) in [5, 5.41) is 6.30. The molecule has 0 bridgehead atoms. The van der Waals surface area contributed by atoms with Crippen molar-refractivity contribution in [3.63, 3.8) is 0 Å². The van der Waals surface area contributed by atoms with Gasteiger partial charge in [-0.1, -0.05) is 36.4 Å². The molecule has 0 unspecified atom stereocenters. The van der Waals surface area contributed by atoms with Crippen LogP contribution in [0.2, 0.25) is 0 Å². The minimum atomic E-state index is -0.127. The standard InChI is InChI=1S/C25H21N3O/c29-25(21-11-9-19(10-12-21)17-20-13-15-26-16-14-20)28-24-8-4-7-23(18-24)27-22-5-2-1-3-6-22/h1-16,18,27H,17H2,(H,28,29). The largest absolute Gasteiger partial charge is 0.355 e. The monoisotopic (exact) mass is 379 g/mol. The number of nitrogens with zero attached hydrogens (tertiary/aromatic N) is 1. The zero-order chi connectivity index (χ0) is 19.9. The number of benzene rings is 3. The van der Waals surface area contributed by atoms with Crippen molar-refractivity contribution in [2.45, 2.75) is 6.42 Å². The molecular weight excluding hydrogens is 358 g/mol. The van der Waals surface area contributed by atoms with Crippen LogP contribution in [0.3, 0.4) is 0 Å². The van der Waals surface area contributed by atoms with Crippen molar-refractivity contribution < 1.29 is 4.79 Å². The summed E-state index contributed by atoms with van der Waals surface area (Å²) in [7, 11) is 0. The maximum absolute atomic E-state index is 12.6. The Labute approximate surface area is 170 Å². The molecule has 1 heterocycles. The van der Waals surface area contributed by atoms with Crippen LogP contribution in [0.25, 0.3) is 0 Å². The molecule has 0 fully saturated rings. The van der Waals surface area contributed by atoms with Gasteiger partial charge in [0.1, 0.15) is 0 Å². The van der Waals surface area contributed by atoms with E-state index in [4.69, 9.17) is 0 Å². The Bertz CT molecular complexity index is 1080. The fourth-order valence-corrected chi connectivity index (χ4v) is 3.08. The molecule has 0 aliphatic heterocycles. The Morgan fingerprint density at radius 3 is 2.10 bits per heavy atom. The number of nitrogens with one attached hydrogen (secondary N) is 2. The first-order valence-corrected chi connectivity index (χ1v) is 9.48. The minimum absolute atomic E-state index is 0.127. The predicted octanol–water partition coefficient (Wildman–Crippen LogP) is 5.67. The molecule has 4 nitrogen and oxygen atoms in total. The molecule has 0 saturated heterocycles. The molecule has 0 radical (unpaired) electrons. The second-order valence-corrected chi connectivity index (χ2v) is 6.76. The summed E-state index contributed by atoms with van der Waals surface area (Å²) in [4.78, 5) is 16.6. The Hall–Kier alpha value is -3.92. The molecule has 0 aliphatic rings. The zero-order valence-electron chi connectivity index (χ0n) is 15.9. The number of amides is 1. The van der Waals surface area contributed by atoms with Gasteiger partial charge in [0.2, 0.25) is 0 Å². The van der Waals surface area contributed by atoms with Crippen molar-refractivity contribution in [2.24, 2.45) is 0 Å². The van der Waals surface area contributed by atoms with E-state index in [-0.39, 0.29) is 5.91 Å². The molecule has 2 N–H and O–H groups in total. The van der Waals surface area contributed by atoms with Gasteiger partial charge in [0.05, 0.1) is 0 Å². The molecule has 0 spiro atoms. The molecule has 29 heavy (non-hydrogen) atoms. The number of rotatable bonds is 6. The smallest absolute Gasteiger partial charge is 0.255 e. The number of hydrogen-bond donors (Lipinski definition) is 2. The third-order valence-corrected chi connectivity index (χ3v) is 4.56. The fraction of sp³-hybridized carbons (Fsp3) is 0.0400. The summed E-state index contributed by atoms with van der Waals surface area (Å²) in [6.45, 7) is 0. The SMILES string of the molecule is O=C(Nc1cccc(Nc2ccccc2)c1)c1ccc(Cc2ccncc2)cc1. The van der Waals surface area contributed by atoms with Gasteiger partial charge in [-0.25, -0.2) is 0 Å². The van der Waals surface area contributed by atoms with Crippen LogP contribution in [0.15, 0.2) is 103 Å². The van der Waals surface area contributed by atoms with Crippen LogP contribution >= 0.6 is 0 Å². The summed E-state index contributed by atoms with van der Waals surface area (Å²) >= 11 is 0. The van der Waals surface area contributed by atoms with Crippen molar-refractivity contribution in [2.75, 3.05) is 10.6 Å². The number of hydrogen-bond acceptors (Lipinski definition) is 3. The number of anilines is 3. The van der Waals surface area contributed by atoms with Crippen molar-refractivity contribution in [1.29, 1.82) is 0 Å². The average molecular weight is 379 g/mol. The summed E-state index contributed by atoms with van der Waals surface area (Å²) in [6.07, 6.45) is 4.40. The number of carbonyl (C=O) groups is 1. The second-order valence-electron chi connectivity index (χ2n) is 6.76. The molecule has 1 amide bonds. The molecule has 4 rings (SSSR count). The average Bonchev–Trinajstić information content (AvgIpc) is 2.76. The highest BCUT2D eigenvalue weighted by atomic mass is 16.1. The van der Waals surface area contributed by atoms with Crippen molar-refractivity contribution in [3.05, 3.63) is 120 Å². The van der Waals surface area contributed by atoms with E-state index < -0.39 is 0 Å². The first kappa shape index (κ1) is 18.4. The molecule has 4 aromatic rings. The lowest BCUT2D eigenvalue weighted by molar-refractivity contribution is 0.102. The Balaban J connectivity index is 1.40. The van der Waals surface area contributed by atoms with Crippen LogP contribution in [-0.2, 0) is 6.42 Å². The van der Waals surface area contributed by atoms with Crippen LogP contribution in [0.1, 0.15) is 21.5 Å². The van der Waals surface area contributed by atoms with Gasteiger partial charge in [0, 0.05) is 35.0 Å². The molecule has 0 saturated carbocycles. The van der Waals surface area contributed by atoms with Crippen molar-refractivity contribution in [1.82, 2.24) is 4.98 Å². The van der Waals surface area contributed by atoms with E-state index in [2.05, 4.69) is 15.6 Å². The van der Waals surface area contributed by atoms with E-state index in [1.807, 2.05) is 91.0 Å². The van der Waals surface area contributed by atoms with Gasteiger partial charge in [0.15, 0.2) is 0 Å². The lowest BCUT2D eigenvalue weighted by atomic mass is 10.0. The highest BCUT2D eigenvalue weighted by molar-refractivity contribution is 6.04. The summed E-state index contributed by atoms with van der Waals surface area (Å²) < 4.78 is 0. The number of aromatic nitrogens is 1. The van der Waals surface area contributed by atoms with E-state index in [1.165, 1.54) is 5.56 Å². The predicted molar refractivity (Wildman–Crippen MR) is 118 cm³/mol. The second kappa shape index (κ2) is 8.85. The van der Waals surface area contributed by atoms with Gasteiger partial charge in [-0.15, -0.1) is 0 Å². The molecule has 0 aliphatic carbocycles. The topological polar surface area (TPSA) is 54.0 Å². The van der Waals surface area contributed by atoms with Crippen molar-refractivity contribution >= 4 is 23.0 Å². The maximum Gasteiger partial charge on any atom is 0.255 e. The number of para-hydroxylation sites is 1. The van der Waals surface area contributed by atoms with Crippen molar-refractivity contribution in [3.8, 4) is 0 Å². The first-order valence-electron chi connectivity index (χ1n) is 9.48. The van der Waals surface area contributed by atoms with Gasteiger partial charge >= 0.3 is 0 Å². The summed E-state index contributed by atoms with van der Waals surface area (Å²) in [5.74, 6) is -0.127. The van der Waals surface area contributed by atoms with E-state index in [9.17, 15) is 4.79 Å². The third-order valence-electron chi connectivity index (χ3n) is 4.56. The lowest BCUT2D eigenvalue weighted by Crippen LogP contribution is -2.12. The number of pyridine rings is 1. The fourth-order valence-electron chi connectivity index (χ4n) is 3.08. The van der Waals surface area contributed by atoms with Gasteiger partial charge in [0.25, 0.3) is 5.91 Å². The first-order chi connectivity index (χ1) is 14.3. The molecule has 142 valence electrons. The molecule has 4 heteroatoms. The van der Waals surface area contributed by atoms with Gasteiger partial charge < -0.3 is 10.6 Å². The molecular formula is C25H21N3O. The Kier molecular flexibility index (Phi) is 5.63. The molecule has 0 atom stereocenters. The van der Waals surface area contributed by atoms with Crippen LogP contribution in [0.4, 0.5) is 17.1 Å². The van der Waals surface area contributed by atoms with E-state index in [0.717, 1.165) is 29.0 Å². The van der Waals surface area contributed by atoms with Gasteiger partial charge in [-0.3, -0.25) is 9.78 Å². The third kappa shape index (κ3) is 5.08. The highest BCUT2D eigenvalue weighted by Crippen LogP contribution is 2.20. The summed E-state index contributed by atoms with van der Waals surface area (Å²) in [5.41, 5.74) is 5.64. The minimum Gasteiger partial charge on any atom is -0.355 e. The van der Waals surface area contributed by atoms with Crippen LogP contribution in [0, 0.1) is 0 Å². The normalized spacial score (nSPS) is 10.3. The van der Waals surface area contributed by atoms with Crippen LogP contribution in [-0.4, -0.2) is 10.9 Å².